The van der Waals surface area contributed by atoms with E-state index in [0.717, 1.165) is 6.07 Å². The quantitative estimate of drug-likeness (QED) is 0.702. The van der Waals surface area contributed by atoms with Gasteiger partial charge >= 0.3 is 5.92 Å². The van der Waals surface area contributed by atoms with E-state index in [1.54, 1.807) is 0 Å². The fourth-order valence-corrected chi connectivity index (χ4v) is 1.18. The van der Waals surface area contributed by atoms with Crippen molar-refractivity contribution in [1.82, 2.24) is 0 Å². The van der Waals surface area contributed by atoms with Crippen molar-refractivity contribution in [2.45, 2.75) is 12.8 Å². The molecule has 0 fully saturated rings. The first-order valence-corrected chi connectivity index (χ1v) is 4.08. The molecule has 0 heterocycles. The van der Waals surface area contributed by atoms with Gasteiger partial charge in [-0.05, 0) is 12.1 Å². The van der Waals surface area contributed by atoms with Gasteiger partial charge in [-0.3, -0.25) is 4.79 Å². The molecular weight excluding hydrogens is 217 g/mol. The number of carbonyl (C=O) groups excluding carboxylic acids is 1. The minimum absolute atomic E-state index is 0.309. The Balaban J connectivity index is 3.26. The predicted octanol–water partition coefficient (Wildman–Crippen LogP) is 3.32. The van der Waals surface area contributed by atoms with E-state index in [4.69, 9.17) is 11.6 Å². The molecule has 76 valence electrons. The summed E-state index contributed by atoms with van der Waals surface area (Å²) in [6.07, 6.45) is 0. The highest BCUT2D eigenvalue weighted by molar-refractivity contribution is 6.34. The molecule has 14 heavy (non-hydrogen) atoms. The lowest BCUT2D eigenvalue weighted by atomic mass is 10.1. The molecule has 0 spiro atoms. The molecule has 1 aromatic carbocycles. The van der Waals surface area contributed by atoms with Crippen LogP contribution in [0.2, 0.25) is 5.02 Å². The summed E-state index contributed by atoms with van der Waals surface area (Å²) in [5.74, 6) is -6.27. The van der Waals surface area contributed by atoms with E-state index in [2.05, 4.69) is 0 Å². The van der Waals surface area contributed by atoms with Crippen LogP contribution in [0.25, 0.3) is 0 Å². The maximum atomic E-state index is 13.0. The summed E-state index contributed by atoms with van der Waals surface area (Å²) in [6, 6.07) is 3.33. The first-order valence-electron chi connectivity index (χ1n) is 3.70. The molecule has 1 nitrogen and oxygen atoms in total. The van der Waals surface area contributed by atoms with Crippen molar-refractivity contribution in [3.8, 4) is 0 Å². The molecular formula is C9H6ClF3O. The van der Waals surface area contributed by atoms with E-state index in [-0.39, 0.29) is 5.02 Å². The first kappa shape index (κ1) is 11.0. The van der Waals surface area contributed by atoms with E-state index in [1.165, 1.54) is 12.1 Å². The number of hydrogen-bond donors (Lipinski definition) is 0. The Morgan fingerprint density at radius 2 is 2.00 bits per heavy atom. The second-order valence-electron chi connectivity index (χ2n) is 2.81. The third kappa shape index (κ3) is 2.07. The van der Waals surface area contributed by atoms with Gasteiger partial charge in [-0.1, -0.05) is 17.7 Å². The molecule has 1 aromatic rings. The summed E-state index contributed by atoms with van der Waals surface area (Å²) in [6.45, 7) is 0.401. The topological polar surface area (TPSA) is 17.1 Å². The number of rotatable bonds is 2. The third-order valence-corrected chi connectivity index (χ3v) is 1.90. The average Bonchev–Trinajstić information content (AvgIpc) is 2.01. The molecule has 0 aliphatic rings. The van der Waals surface area contributed by atoms with E-state index >= 15 is 0 Å². The Morgan fingerprint density at radius 3 is 2.43 bits per heavy atom. The molecule has 0 atom stereocenters. The molecule has 0 aliphatic carbocycles. The highest BCUT2D eigenvalue weighted by atomic mass is 35.5. The highest BCUT2D eigenvalue weighted by Crippen LogP contribution is 2.26. The van der Waals surface area contributed by atoms with Gasteiger partial charge in [0.15, 0.2) is 0 Å². The van der Waals surface area contributed by atoms with E-state index < -0.39 is 23.1 Å². The van der Waals surface area contributed by atoms with E-state index in [0.29, 0.717) is 6.92 Å². The molecule has 0 saturated heterocycles. The Bertz CT molecular complexity index is 351. The standard InChI is InChI=1S/C9H6ClF3O/c1-9(12,13)8(14)7-5(10)3-2-4-6(7)11/h2-4H,1H3. The third-order valence-electron chi connectivity index (χ3n) is 1.59. The molecule has 0 aliphatic heterocycles. The summed E-state index contributed by atoms with van der Waals surface area (Å²) < 4.78 is 38.2. The molecule has 0 amide bonds. The zero-order chi connectivity index (χ0) is 10.9. The van der Waals surface area contributed by atoms with Gasteiger partial charge in [-0.25, -0.2) is 4.39 Å². The van der Waals surface area contributed by atoms with Crippen LogP contribution in [0.15, 0.2) is 18.2 Å². The smallest absolute Gasteiger partial charge is 0.287 e. The van der Waals surface area contributed by atoms with Crippen molar-refractivity contribution < 1.29 is 18.0 Å². The van der Waals surface area contributed by atoms with Gasteiger partial charge in [0.2, 0.25) is 5.78 Å². The van der Waals surface area contributed by atoms with Gasteiger partial charge < -0.3 is 0 Å². The Hall–Kier alpha value is -1.03. The summed E-state index contributed by atoms with van der Waals surface area (Å²) in [7, 11) is 0. The number of alkyl halides is 2. The Labute approximate surface area is 83.5 Å². The van der Waals surface area contributed by atoms with Gasteiger partial charge in [0.25, 0.3) is 0 Å². The number of benzene rings is 1. The molecule has 0 unspecified atom stereocenters. The predicted molar refractivity (Wildman–Crippen MR) is 46.4 cm³/mol. The lowest BCUT2D eigenvalue weighted by Gasteiger charge is -2.10. The van der Waals surface area contributed by atoms with Crippen LogP contribution < -0.4 is 0 Å². The lowest BCUT2D eigenvalue weighted by Crippen LogP contribution is -2.25. The van der Waals surface area contributed by atoms with Crippen molar-refractivity contribution in [2.75, 3.05) is 0 Å². The lowest BCUT2D eigenvalue weighted by molar-refractivity contribution is 0.0217. The average molecular weight is 223 g/mol. The fraction of sp³-hybridized carbons (Fsp3) is 0.222. The fourth-order valence-electron chi connectivity index (χ4n) is 0.934. The summed E-state index contributed by atoms with van der Waals surface area (Å²) in [5.41, 5.74) is -0.762. The largest absolute Gasteiger partial charge is 0.307 e. The maximum Gasteiger partial charge on any atom is 0.307 e. The van der Waals surface area contributed by atoms with Gasteiger partial charge in [-0.15, -0.1) is 0 Å². The maximum absolute atomic E-state index is 13.0. The highest BCUT2D eigenvalue weighted by Gasteiger charge is 2.36. The van der Waals surface area contributed by atoms with Crippen LogP contribution in [0.1, 0.15) is 17.3 Å². The zero-order valence-corrected chi connectivity index (χ0v) is 7.91. The van der Waals surface area contributed by atoms with Crippen molar-refractivity contribution in [3.05, 3.63) is 34.6 Å². The Morgan fingerprint density at radius 1 is 1.43 bits per heavy atom. The van der Waals surface area contributed by atoms with Crippen LogP contribution in [0.4, 0.5) is 13.2 Å². The van der Waals surface area contributed by atoms with Gasteiger partial charge in [0.1, 0.15) is 5.82 Å². The summed E-state index contributed by atoms with van der Waals surface area (Å²) in [4.78, 5) is 11.0. The summed E-state index contributed by atoms with van der Waals surface area (Å²) >= 11 is 5.44. The monoisotopic (exact) mass is 222 g/mol. The molecule has 0 aromatic heterocycles. The second-order valence-corrected chi connectivity index (χ2v) is 3.22. The Kier molecular flexibility index (Phi) is 2.85. The van der Waals surface area contributed by atoms with Crippen molar-refractivity contribution in [1.29, 1.82) is 0 Å². The van der Waals surface area contributed by atoms with Crippen molar-refractivity contribution >= 4 is 17.4 Å². The molecule has 5 heteroatoms. The van der Waals surface area contributed by atoms with Crippen LogP contribution in [0.5, 0.6) is 0 Å². The van der Waals surface area contributed by atoms with Gasteiger partial charge in [0.05, 0.1) is 10.6 Å². The minimum Gasteiger partial charge on any atom is -0.287 e. The van der Waals surface area contributed by atoms with Gasteiger partial charge in [0, 0.05) is 6.92 Å². The van der Waals surface area contributed by atoms with E-state index in [9.17, 15) is 18.0 Å². The van der Waals surface area contributed by atoms with Crippen LogP contribution in [0, 0.1) is 5.82 Å². The van der Waals surface area contributed by atoms with E-state index in [1.807, 2.05) is 0 Å². The number of carbonyl (C=O) groups is 1. The minimum atomic E-state index is -3.62. The molecule has 0 bridgehead atoms. The zero-order valence-electron chi connectivity index (χ0n) is 7.15. The number of ketones is 1. The number of halogens is 4. The second kappa shape index (κ2) is 3.61. The summed E-state index contributed by atoms with van der Waals surface area (Å²) in [5, 5.41) is -0.309. The SMILES string of the molecule is CC(F)(F)C(=O)c1c(F)cccc1Cl. The van der Waals surface area contributed by atoms with Crippen molar-refractivity contribution in [3.63, 3.8) is 0 Å². The van der Waals surface area contributed by atoms with Crippen LogP contribution in [-0.4, -0.2) is 11.7 Å². The molecule has 1 rings (SSSR count). The molecule has 0 radical (unpaired) electrons. The van der Waals surface area contributed by atoms with Crippen LogP contribution >= 0.6 is 11.6 Å². The number of Topliss-reactive ketones (excluding diaryl/α,β-unsaturated/α-hetero) is 1. The molecule has 0 saturated carbocycles. The number of hydrogen-bond acceptors (Lipinski definition) is 1. The van der Waals surface area contributed by atoms with Crippen LogP contribution in [0.3, 0.4) is 0 Å². The normalized spacial score (nSPS) is 11.5. The first-order chi connectivity index (χ1) is 6.34. The van der Waals surface area contributed by atoms with Gasteiger partial charge in [-0.2, -0.15) is 8.78 Å². The van der Waals surface area contributed by atoms with Crippen molar-refractivity contribution in [2.24, 2.45) is 0 Å². The molecule has 0 N–H and O–H groups in total. The van der Waals surface area contributed by atoms with Crippen LogP contribution in [-0.2, 0) is 0 Å².